The lowest BCUT2D eigenvalue weighted by atomic mass is 10.2. The molecule has 0 fully saturated rings. The van der Waals surface area contributed by atoms with E-state index in [-0.39, 0.29) is 10.8 Å². The quantitative estimate of drug-likeness (QED) is 0.501. The van der Waals surface area contributed by atoms with Crippen molar-refractivity contribution in [1.82, 2.24) is 14.5 Å². The van der Waals surface area contributed by atoms with Crippen LogP contribution in [0.5, 0.6) is 0 Å². The van der Waals surface area contributed by atoms with Crippen LogP contribution in [0.1, 0.15) is 5.56 Å². The third-order valence-electron chi connectivity index (χ3n) is 4.56. The van der Waals surface area contributed by atoms with Crippen LogP contribution in [0.2, 0.25) is 0 Å². The molecule has 0 radical (unpaired) electrons. The Labute approximate surface area is 172 Å². The molecule has 9 nitrogen and oxygen atoms in total. The summed E-state index contributed by atoms with van der Waals surface area (Å²) in [4.78, 5) is 20.5. The number of aryl methyl sites for hydroxylation is 2. The van der Waals surface area contributed by atoms with Gasteiger partial charge in [-0.1, -0.05) is 12.1 Å². The number of para-hydroxylation sites is 1. The second-order valence-electron chi connectivity index (χ2n) is 6.85. The first kappa shape index (κ1) is 19.6. The number of nitrogens with one attached hydrogen (secondary N) is 2. The van der Waals surface area contributed by atoms with Gasteiger partial charge in [-0.05, 0) is 31.2 Å². The van der Waals surface area contributed by atoms with Crippen LogP contribution < -0.4 is 16.4 Å². The first-order chi connectivity index (χ1) is 14.2. The summed E-state index contributed by atoms with van der Waals surface area (Å²) in [7, 11) is -1.77. The predicted octanol–water partition coefficient (Wildman–Crippen LogP) is 3.12. The predicted molar refractivity (Wildman–Crippen MR) is 114 cm³/mol. The fourth-order valence-corrected chi connectivity index (χ4v) is 3.84. The van der Waals surface area contributed by atoms with E-state index in [1.165, 1.54) is 10.6 Å². The number of hydrogen-bond donors (Lipinski definition) is 2. The van der Waals surface area contributed by atoms with Crippen LogP contribution in [0.3, 0.4) is 0 Å². The van der Waals surface area contributed by atoms with Crippen molar-refractivity contribution in [3.05, 3.63) is 64.8 Å². The molecule has 2 aromatic carbocycles. The number of sulfone groups is 1. The molecule has 2 N–H and O–H groups in total. The molecule has 154 valence electrons. The smallest absolute Gasteiger partial charge is 0.408 e. The van der Waals surface area contributed by atoms with E-state index in [4.69, 9.17) is 4.42 Å². The van der Waals surface area contributed by atoms with Gasteiger partial charge in [-0.25, -0.2) is 18.2 Å². The number of oxazole rings is 1. The third-order valence-corrected chi connectivity index (χ3v) is 5.71. The standard InChI is InChI=1S/C20H19N5O4S/c1-12-11-21-19(23-14-6-4-5-7-17(14)30(3,27)28)24-18(12)22-13-8-9-15-16(10-13)29-20(26)25(15)2/h4-11H,1-3H3,(H2,21,22,23,24). The molecular formula is C20H19N5O4S. The van der Waals surface area contributed by atoms with Gasteiger partial charge < -0.3 is 15.1 Å². The summed E-state index contributed by atoms with van der Waals surface area (Å²) in [5, 5.41) is 6.15. The molecule has 0 spiro atoms. The first-order valence-electron chi connectivity index (χ1n) is 8.99. The van der Waals surface area contributed by atoms with Crippen molar-refractivity contribution in [3.8, 4) is 0 Å². The molecule has 0 aliphatic heterocycles. The van der Waals surface area contributed by atoms with E-state index in [1.807, 2.05) is 13.0 Å². The third kappa shape index (κ3) is 3.77. The fraction of sp³-hybridized carbons (Fsp3) is 0.150. The summed E-state index contributed by atoms with van der Waals surface area (Å²) < 4.78 is 30.7. The molecule has 0 unspecified atom stereocenters. The molecule has 4 aromatic rings. The van der Waals surface area contributed by atoms with Gasteiger partial charge in [-0.3, -0.25) is 4.57 Å². The zero-order valence-electron chi connectivity index (χ0n) is 16.5. The van der Waals surface area contributed by atoms with Crippen molar-refractivity contribution >= 4 is 44.1 Å². The molecule has 0 atom stereocenters. The highest BCUT2D eigenvalue weighted by Gasteiger charge is 2.14. The Morgan fingerprint density at radius 1 is 1.10 bits per heavy atom. The van der Waals surface area contributed by atoms with E-state index in [0.717, 1.165) is 11.8 Å². The van der Waals surface area contributed by atoms with Crippen molar-refractivity contribution in [3.63, 3.8) is 0 Å². The molecule has 4 rings (SSSR count). The van der Waals surface area contributed by atoms with Gasteiger partial charge in [0.05, 0.1) is 16.1 Å². The minimum atomic E-state index is -3.41. The number of nitrogens with zero attached hydrogens (tertiary/aromatic N) is 3. The van der Waals surface area contributed by atoms with Gasteiger partial charge >= 0.3 is 5.76 Å². The van der Waals surface area contributed by atoms with E-state index in [9.17, 15) is 13.2 Å². The van der Waals surface area contributed by atoms with Gasteiger partial charge in [0.15, 0.2) is 15.4 Å². The number of benzene rings is 2. The lowest BCUT2D eigenvalue weighted by Crippen LogP contribution is -2.08. The summed E-state index contributed by atoms with van der Waals surface area (Å²) >= 11 is 0. The minimum Gasteiger partial charge on any atom is -0.408 e. The molecule has 0 aliphatic carbocycles. The molecule has 2 aromatic heterocycles. The van der Waals surface area contributed by atoms with Crippen LogP contribution in [-0.4, -0.2) is 29.2 Å². The van der Waals surface area contributed by atoms with E-state index < -0.39 is 15.6 Å². The minimum absolute atomic E-state index is 0.160. The largest absolute Gasteiger partial charge is 0.419 e. The highest BCUT2D eigenvalue weighted by Crippen LogP contribution is 2.26. The lowest BCUT2D eigenvalue weighted by Gasteiger charge is -2.12. The average Bonchev–Trinajstić information content (AvgIpc) is 2.97. The Bertz CT molecular complexity index is 1420. The van der Waals surface area contributed by atoms with Crippen LogP contribution in [0.25, 0.3) is 11.1 Å². The highest BCUT2D eigenvalue weighted by atomic mass is 32.2. The summed E-state index contributed by atoms with van der Waals surface area (Å²) in [5.41, 5.74) is 3.00. The van der Waals surface area contributed by atoms with Gasteiger partial charge in [-0.2, -0.15) is 4.98 Å². The zero-order chi connectivity index (χ0) is 21.5. The van der Waals surface area contributed by atoms with Gasteiger partial charge in [0.1, 0.15) is 5.82 Å². The molecule has 2 heterocycles. The van der Waals surface area contributed by atoms with E-state index in [0.29, 0.717) is 28.3 Å². The molecule has 0 aliphatic rings. The summed E-state index contributed by atoms with van der Waals surface area (Å²) in [6, 6.07) is 11.9. The Balaban J connectivity index is 1.66. The van der Waals surface area contributed by atoms with Crippen LogP contribution in [0.4, 0.5) is 23.1 Å². The summed E-state index contributed by atoms with van der Waals surface area (Å²) in [6.07, 6.45) is 2.77. The van der Waals surface area contributed by atoms with Crippen molar-refractivity contribution in [2.75, 3.05) is 16.9 Å². The van der Waals surface area contributed by atoms with E-state index in [1.54, 1.807) is 43.6 Å². The molecule has 30 heavy (non-hydrogen) atoms. The van der Waals surface area contributed by atoms with E-state index >= 15 is 0 Å². The van der Waals surface area contributed by atoms with Crippen LogP contribution >= 0.6 is 0 Å². The van der Waals surface area contributed by atoms with Gasteiger partial charge in [0.25, 0.3) is 0 Å². The molecule has 10 heteroatoms. The maximum atomic E-state index is 12.0. The van der Waals surface area contributed by atoms with Crippen LogP contribution in [-0.2, 0) is 16.9 Å². The number of aromatic nitrogens is 3. The van der Waals surface area contributed by atoms with Crippen LogP contribution in [0, 0.1) is 6.92 Å². The van der Waals surface area contributed by atoms with E-state index in [2.05, 4.69) is 20.6 Å². The van der Waals surface area contributed by atoms with Crippen molar-refractivity contribution in [2.24, 2.45) is 7.05 Å². The zero-order valence-corrected chi connectivity index (χ0v) is 17.3. The second-order valence-corrected chi connectivity index (χ2v) is 8.84. The molecule has 0 bridgehead atoms. The monoisotopic (exact) mass is 425 g/mol. The van der Waals surface area contributed by atoms with Crippen molar-refractivity contribution in [1.29, 1.82) is 0 Å². The molecular weight excluding hydrogens is 406 g/mol. The fourth-order valence-electron chi connectivity index (χ4n) is 2.99. The number of rotatable bonds is 5. The molecule has 0 saturated heterocycles. The highest BCUT2D eigenvalue weighted by molar-refractivity contribution is 7.90. The summed E-state index contributed by atoms with van der Waals surface area (Å²) in [5.74, 6) is 0.338. The Hall–Kier alpha value is -3.66. The number of anilines is 4. The lowest BCUT2D eigenvalue weighted by molar-refractivity contribution is 0.528. The number of fused-ring (bicyclic) bond motifs is 1. The van der Waals surface area contributed by atoms with Crippen molar-refractivity contribution in [2.45, 2.75) is 11.8 Å². The Morgan fingerprint density at radius 2 is 1.87 bits per heavy atom. The maximum Gasteiger partial charge on any atom is 0.419 e. The Kier molecular flexibility index (Phi) is 4.78. The topological polar surface area (TPSA) is 119 Å². The van der Waals surface area contributed by atoms with Gasteiger partial charge in [0.2, 0.25) is 5.95 Å². The summed E-state index contributed by atoms with van der Waals surface area (Å²) in [6.45, 7) is 1.84. The number of hydrogen-bond acceptors (Lipinski definition) is 8. The van der Waals surface area contributed by atoms with Gasteiger partial charge in [-0.15, -0.1) is 0 Å². The second kappa shape index (κ2) is 7.30. The first-order valence-corrected chi connectivity index (χ1v) is 10.9. The average molecular weight is 425 g/mol. The normalized spacial score (nSPS) is 11.6. The Morgan fingerprint density at radius 3 is 2.63 bits per heavy atom. The van der Waals surface area contributed by atoms with Crippen molar-refractivity contribution < 1.29 is 12.8 Å². The SMILES string of the molecule is Cc1cnc(Nc2ccccc2S(C)(=O)=O)nc1Nc1ccc2c(c1)oc(=O)n2C. The maximum absolute atomic E-state index is 12.0. The van der Waals surface area contributed by atoms with Crippen LogP contribution in [0.15, 0.2) is 62.8 Å². The molecule has 0 saturated carbocycles. The molecule has 0 amide bonds. The van der Waals surface area contributed by atoms with Gasteiger partial charge in [0, 0.05) is 36.8 Å².